The normalized spacial score (nSPS) is 34.2. The quantitative estimate of drug-likeness (QED) is 0.925. The number of thiazole rings is 1. The molecule has 0 spiro atoms. The Morgan fingerprint density at radius 3 is 2.37 bits per heavy atom. The number of aryl methyl sites for hydroxylation is 2. The zero-order chi connectivity index (χ0) is 13.6. The molecule has 2 fully saturated rings. The molecule has 0 bridgehead atoms. The minimum atomic E-state index is -0.0207. The molecule has 1 aromatic rings. The van der Waals surface area contributed by atoms with E-state index in [1.54, 1.807) is 0 Å². The molecule has 4 heteroatoms. The highest BCUT2D eigenvalue weighted by Gasteiger charge is 2.42. The van der Waals surface area contributed by atoms with Crippen LogP contribution in [0.4, 0.5) is 0 Å². The van der Waals surface area contributed by atoms with Crippen LogP contribution in [0, 0.1) is 25.7 Å². The standard InChI is InChI=1S/C15H24N2OS/c1-9-15(19-10(2)16-9)8-17(3)13-4-11-6-14(18)7-12(11)5-13/h11-14,18H,4-8H2,1-3H3/t11-,12+,13?,14?. The zero-order valence-electron chi connectivity index (χ0n) is 12.1. The third-order valence-electron chi connectivity index (χ3n) is 4.98. The van der Waals surface area contributed by atoms with Crippen molar-refractivity contribution in [3.05, 3.63) is 15.6 Å². The van der Waals surface area contributed by atoms with Gasteiger partial charge in [0.05, 0.1) is 16.8 Å². The first-order chi connectivity index (χ1) is 9.02. The van der Waals surface area contributed by atoms with E-state index in [0.29, 0.717) is 6.04 Å². The lowest BCUT2D eigenvalue weighted by molar-refractivity contribution is 0.158. The fourth-order valence-corrected chi connectivity index (χ4v) is 4.99. The highest BCUT2D eigenvalue weighted by Crippen LogP contribution is 2.45. The Morgan fingerprint density at radius 2 is 1.84 bits per heavy atom. The van der Waals surface area contributed by atoms with Crippen LogP contribution in [0.2, 0.25) is 0 Å². The Kier molecular flexibility index (Phi) is 3.67. The summed E-state index contributed by atoms with van der Waals surface area (Å²) in [4.78, 5) is 8.44. The summed E-state index contributed by atoms with van der Waals surface area (Å²) in [5, 5.41) is 10.9. The summed E-state index contributed by atoms with van der Waals surface area (Å²) >= 11 is 1.83. The predicted octanol–water partition coefficient (Wildman–Crippen LogP) is 2.74. The molecule has 0 radical (unpaired) electrons. The lowest BCUT2D eigenvalue weighted by atomic mass is 10.0. The van der Waals surface area contributed by atoms with Crippen molar-refractivity contribution in [2.45, 2.75) is 58.2 Å². The molecule has 19 heavy (non-hydrogen) atoms. The van der Waals surface area contributed by atoms with Crippen molar-refractivity contribution >= 4 is 11.3 Å². The van der Waals surface area contributed by atoms with E-state index in [4.69, 9.17) is 0 Å². The molecule has 2 aliphatic rings. The van der Waals surface area contributed by atoms with E-state index >= 15 is 0 Å². The van der Waals surface area contributed by atoms with Crippen molar-refractivity contribution in [3.63, 3.8) is 0 Å². The predicted molar refractivity (Wildman–Crippen MR) is 78.3 cm³/mol. The lowest BCUT2D eigenvalue weighted by Gasteiger charge is -2.25. The highest BCUT2D eigenvalue weighted by molar-refractivity contribution is 7.11. The van der Waals surface area contributed by atoms with Crippen molar-refractivity contribution in [2.24, 2.45) is 11.8 Å². The molecule has 0 amide bonds. The number of nitrogens with zero attached hydrogens (tertiary/aromatic N) is 2. The molecular weight excluding hydrogens is 256 g/mol. The van der Waals surface area contributed by atoms with E-state index in [-0.39, 0.29) is 6.10 Å². The maximum atomic E-state index is 9.71. The molecule has 3 rings (SSSR count). The second-order valence-corrected chi connectivity index (χ2v) is 7.71. The average Bonchev–Trinajstić information content (AvgIpc) is 2.92. The van der Waals surface area contributed by atoms with Crippen molar-refractivity contribution in [1.29, 1.82) is 0 Å². The number of rotatable bonds is 3. The largest absolute Gasteiger partial charge is 0.393 e. The van der Waals surface area contributed by atoms with Crippen LogP contribution in [0.3, 0.4) is 0 Å². The summed E-state index contributed by atoms with van der Waals surface area (Å²) in [6.07, 6.45) is 4.60. The molecule has 4 atom stereocenters. The number of hydrogen-bond donors (Lipinski definition) is 1. The van der Waals surface area contributed by atoms with Crippen LogP contribution in [0.25, 0.3) is 0 Å². The van der Waals surface area contributed by atoms with Crippen LogP contribution < -0.4 is 0 Å². The van der Waals surface area contributed by atoms with Gasteiger partial charge < -0.3 is 5.11 Å². The first kappa shape index (κ1) is 13.5. The van der Waals surface area contributed by atoms with Gasteiger partial charge in [-0.2, -0.15) is 0 Å². The smallest absolute Gasteiger partial charge is 0.0900 e. The maximum absolute atomic E-state index is 9.71. The van der Waals surface area contributed by atoms with Crippen LogP contribution in [0.15, 0.2) is 0 Å². The van der Waals surface area contributed by atoms with Gasteiger partial charge in [0.1, 0.15) is 0 Å². The van der Waals surface area contributed by atoms with Crippen molar-refractivity contribution in [3.8, 4) is 0 Å². The van der Waals surface area contributed by atoms with Gasteiger partial charge in [0.2, 0.25) is 0 Å². The van der Waals surface area contributed by atoms with Gasteiger partial charge in [-0.3, -0.25) is 4.90 Å². The van der Waals surface area contributed by atoms with Crippen molar-refractivity contribution in [2.75, 3.05) is 7.05 Å². The zero-order valence-corrected chi connectivity index (χ0v) is 12.9. The molecule has 0 saturated heterocycles. The molecule has 1 heterocycles. The fraction of sp³-hybridized carbons (Fsp3) is 0.800. The van der Waals surface area contributed by atoms with Gasteiger partial charge in [-0.15, -0.1) is 11.3 Å². The molecule has 1 aromatic heterocycles. The molecular formula is C15H24N2OS. The molecule has 3 nitrogen and oxygen atoms in total. The molecule has 106 valence electrons. The van der Waals surface area contributed by atoms with Gasteiger partial charge in [0, 0.05) is 17.5 Å². The molecule has 2 aliphatic carbocycles. The van der Waals surface area contributed by atoms with E-state index in [1.165, 1.54) is 28.4 Å². The second-order valence-electron chi connectivity index (χ2n) is 6.43. The van der Waals surface area contributed by atoms with Crippen molar-refractivity contribution < 1.29 is 5.11 Å². The second kappa shape index (κ2) is 5.15. The average molecular weight is 280 g/mol. The third kappa shape index (κ3) is 2.71. The van der Waals surface area contributed by atoms with E-state index in [0.717, 1.165) is 31.2 Å². The first-order valence-corrected chi connectivity index (χ1v) is 8.15. The summed E-state index contributed by atoms with van der Waals surface area (Å²) < 4.78 is 0. The first-order valence-electron chi connectivity index (χ1n) is 7.34. The topological polar surface area (TPSA) is 36.4 Å². The van der Waals surface area contributed by atoms with Gasteiger partial charge in [0.15, 0.2) is 0 Å². The fourth-order valence-electron chi connectivity index (χ4n) is 3.99. The Bertz CT molecular complexity index is 445. The van der Waals surface area contributed by atoms with Gasteiger partial charge in [-0.05, 0) is 58.4 Å². The number of aliphatic hydroxyl groups is 1. The van der Waals surface area contributed by atoms with Crippen LogP contribution in [0.5, 0.6) is 0 Å². The lowest BCUT2D eigenvalue weighted by Crippen LogP contribution is -2.29. The summed E-state index contributed by atoms with van der Waals surface area (Å²) in [6.45, 7) is 5.24. The maximum Gasteiger partial charge on any atom is 0.0900 e. The molecule has 1 N–H and O–H groups in total. The van der Waals surface area contributed by atoms with Gasteiger partial charge >= 0.3 is 0 Å². The Morgan fingerprint density at radius 1 is 1.21 bits per heavy atom. The van der Waals surface area contributed by atoms with Crippen LogP contribution in [0.1, 0.15) is 41.3 Å². The summed E-state index contributed by atoms with van der Waals surface area (Å²) in [7, 11) is 2.25. The number of aromatic nitrogens is 1. The Hall–Kier alpha value is -0.450. The highest BCUT2D eigenvalue weighted by atomic mass is 32.1. The van der Waals surface area contributed by atoms with Gasteiger partial charge in [0.25, 0.3) is 0 Å². The van der Waals surface area contributed by atoms with Crippen LogP contribution >= 0.6 is 11.3 Å². The molecule has 0 aliphatic heterocycles. The Labute approximate surface area is 119 Å². The minimum absolute atomic E-state index is 0.0207. The molecule has 2 saturated carbocycles. The summed E-state index contributed by atoms with van der Waals surface area (Å²) in [6, 6.07) is 0.698. The minimum Gasteiger partial charge on any atom is -0.393 e. The number of fused-ring (bicyclic) bond motifs is 1. The molecule has 2 unspecified atom stereocenters. The molecule has 0 aromatic carbocycles. The van der Waals surface area contributed by atoms with Crippen molar-refractivity contribution in [1.82, 2.24) is 9.88 Å². The third-order valence-corrected chi connectivity index (χ3v) is 6.04. The van der Waals surface area contributed by atoms with E-state index in [2.05, 4.69) is 30.8 Å². The van der Waals surface area contributed by atoms with Crippen LogP contribution in [-0.2, 0) is 6.54 Å². The Balaban J connectivity index is 1.60. The monoisotopic (exact) mass is 280 g/mol. The summed E-state index contributed by atoms with van der Waals surface area (Å²) in [5.74, 6) is 1.54. The van der Waals surface area contributed by atoms with E-state index < -0.39 is 0 Å². The van der Waals surface area contributed by atoms with E-state index in [9.17, 15) is 5.11 Å². The summed E-state index contributed by atoms with van der Waals surface area (Å²) in [5.41, 5.74) is 1.20. The van der Waals surface area contributed by atoms with Gasteiger partial charge in [-0.25, -0.2) is 4.98 Å². The number of hydrogen-bond acceptors (Lipinski definition) is 4. The SMILES string of the molecule is Cc1nc(C)c(CN(C)C2C[C@H]3CC(O)C[C@H]3C2)s1. The van der Waals surface area contributed by atoms with E-state index in [1.807, 2.05) is 11.3 Å². The van der Waals surface area contributed by atoms with Gasteiger partial charge in [-0.1, -0.05) is 0 Å². The van der Waals surface area contributed by atoms with Crippen LogP contribution in [-0.4, -0.2) is 34.2 Å². The number of aliphatic hydroxyl groups excluding tert-OH is 1.